The topological polar surface area (TPSA) is 42.2 Å². The summed E-state index contributed by atoms with van der Waals surface area (Å²) in [5.74, 6) is -0.0867. The zero-order valence-corrected chi connectivity index (χ0v) is 5.05. The molecule has 0 aliphatic carbocycles. The number of carbonyl (C=O) groups excluding carboxylic acids is 1. The normalized spacial score (nSPS) is 9.00. The first-order chi connectivity index (χ1) is 4.29. The van der Waals surface area contributed by atoms with Crippen molar-refractivity contribution in [3.05, 3.63) is 18.6 Å². The monoisotopic (exact) mass is 125 g/mol. The van der Waals surface area contributed by atoms with Crippen LogP contribution in [0.5, 0.6) is 0 Å². The van der Waals surface area contributed by atoms with E-state index in [0.29, 0.717) is 5.69 Å². The molecule has 48 valence electrons. The molecule has 1 N–H and O–H groups in total. The van der Waals surface area contributed by atoms with Crippen molar-refractivity contribution in [3.63, 3.8) is 0 Å². The van der Waals surface area contributed by atoms with E-state index in [9.17, 15) is 4.79 Å². The Labute approximate surface area is 52.7 Å². The smallest absolute Gasteiger partial charge is 0.221 e. The van der Waals surface area contributed by atoms with E-state index < -0.39 is 0 Å². The lowest BCUT2D eigenvalue weighted by Crippen LogP contribution is -2.03. The van der Waals surface area contributed by atoms with Crippen LogP contribution >= 0.6 is 0 Å². The highest BCUT2D eigenvalue weighted by molar-refractivity contribution is 5.88. The molecule has 9 heavy (non-hydrogen) atoms. The highest BCUT2D eigenvalue weighted by Crippen LogP contribution is 2.05. The van der Waals surface area contributed by atoms with Crippen LogP contribution in [-0.2, 0) is 4.79 Å². The number of carbonyl (C=O) groups is 1. The van der Waals surface area contributed by atoms with E-state index in [0.717, 1.165) is 0 Å². The van der Waals surface area contributed by atoms with Crippen molar-refractivity contribution >= 4 is 11.6 Å². The van der Waals surface area contributed by atoms with Gasteiger partial charge in [0.1, 0.15) is 6.26 Å². The second-order valence-corrected chi connectivity index (χ2v) is 1.69. The van der Waals surface area contributed by atoms with Gasteiger partial charge in [0, 0.05) is 6.92 Å². The fraction of sp³-hybridized carbons (Fsp3) is 0.167. The Hall–Kier alpha value is -1.25. The largest absolute Gasteiger partial charge is 0.470 e. The standard InChI is InChI=1S/C6H7NO2/c1-5(8)7-6-2-3-9-4-6/h2-4H,1H3,(H,7,8). The van der Waals surface area contributed by atoms with Crippen LogP contribution in [0.4, 0.5) is 5.69 Å². The van der Waals surface area contributed by atoms with E-state index in [1.807, 2.05) is 0 Å². The molecule has 0 spiro atoms. The summed E-state index contributed by atoms with van der Waals surface area (Å²) >= 11 is 0. The lowest BCUT2D eigenvalue weighted by atomic mass is 10.5. The van der Waals surface area contributed by atoms with Gasteiger partial charge in [0.15, 0.2) is 0 Å². The molecular formula is C6H7NO2. The molecule has 0 atom stereocenters. The Morgan fingerprint density at radius 2 is 2.56 bits per heavy atom. The Bertz CT molecular complexity index is 191. The number of nitrogens with one attached hydrogen (secondary N) is 1. The zero-order chi connectivity index (χ0) is 6.69. The van der Waals surface area contributed by atoms with Crippen molar-refractivity contribution in [2.75, 3.05) is 5.32 Å². The third-order valence-corrected chi connectivity index (χ3v) is 0.842. The SMILES string of the molecule is CC(=O)Nc1ccoc1. The average Bonchev–Trinajstić information content (AvgIpc) is 2.15. The zero-order valence-electron chi connectivity index (χ0n) is 5.05. The quantitative estimate of drug-likeness (QED) is 0.613. The summed E-state index contributed by atoms with van der Waals surface area (Å²) < 4.78 is 4.70. The maximum atomic E-state index is 10.4. The molecule has 0 saturated heterocycles. The minimum Gasteiger partial charge on any atom is -0.470 e. The predicted molar refractivity (Wildman–Crippen MR) is 33.0 cm³/mol. The summed E-state index contributed by atoms with van der Waals surface area (Å²) in [7, 11) is 0. The molecule has 0 aromatic carbocycles. The van der Waals surface area contributed by atoms with Gasteiger partial charge in [0.2, 0.25) is 5.91 Å². The van der Waals surface area contributed by atoms with Gasteiger partial charge in [-0.05, 0) is 6.07 Å². The average molecular weight is 125 g/mol. The molecular weight excluding hydrogens is 118 g/mol. The van der Waals surface area contributed by atoms with Gasteiger partial charge in [-0.3, -0.25) is 4.79 Å². The van der Waals surface area contributed by atoms with Gasteiger partial charge in [0.25, 0.3) is 0 Å². The van der Waals surface area contributed by atoms with E-state index in [2.05, 4.69) is 5.32 Å². The molecule has 1 aromatic heterocycles. The van der Waals surface area contributed by atoms with Crippen LogP contribution in [0.3, 0.4) is 0 Å². The van der Waals surface area contributed by atoms with E-state index in [-0.39, 0.29) is 5.91 Å². The van der Waals surface area contributed by atoms with Crippen LogP contribution in [0.2, 0.25) is 0 Å². The maximum Gasteiger partial charge on any atom is 0.221 e. The predicted octanol–water partition coefficient (Wildman–Crippen LogP) is 1.24. The van der Waals surface area contributed by atoms with Gasteiger partial charge >= 0.3 is 0 Å². The molecule has 1 amide bonds. The fourth-order valence-corrected chi connectivity index (χ4v) is 0.539. The number of amides is 1. The number of hydrogen-bond donors (Lipinski definition) is 1. The summed E-state index contributed by atoms with van der Waals surface area (Å²) in [4.78, 5) is 10.4. The van der Waals surface area contributed by atoms with Crippen LogP contribution in [0.15, 0.2) is 23.0 Å². The first kappa shape index (κ1) is 5.88. The maximum absolute atomic E-state index is 10.4. The van der Waals surface area contributed by atoms with Gasteiger partial charge in [-0.1, -0.05) is 0 Å². The van der Waals surface area contributed by atoms with Gasteiger partial charge in [-0.2, -0.15) is 0 Å². The summed E-state index contributed by atoms with van der Waals surface area (Å²) in [6, 6.07) is 1.68. The molecule has 0 aliphatic heterocycles. The Morgan fingerprint density at radius 3 is 3.00 bits per heavy atom. The third-order valence-electron chi connectivity index (χ3n) is 0.842. The summed E-state index contributed by atoms with van der Waals surface area (Å²) in [6.07, 6.45) is 2.98. The molecule has 3 nitrogen and oxygen atoms in total. The lowest BCUT2D eigenvalue weighted by molar-refractivity contribution is -0.114. The molecule has 0 radical (unpaired) electrons. The lowest BCUT2D eigenvalue weighted by Gasteiger charge is -1.91. The molecule has 3 heteroatoms. The Balaban J connectivity index is 2.58. The van der Waals surface area contributed by atoms with Crippen LogP contribution < -0.4 is 5.32 Å². The second-order valence-electron chi connectivity index (χ2n) is 1.69. The molecule has 0 aliphatic rings. The van der Waals surface area contributed by atoms with Crippen molar-refractivity contribution in [1.82, 2.24) is 0 Å². The van der Waals surface area contributed by atoms with E-state index in [1.165, 1.54) is 19.5 Å². The Kier molecular flexibility index (Phi) is 1.53. The molecule has 0 bridgehead atoms. The van der Waals surface area contributed by atoms with Gasteiger partial charge in [-0.25, -0.2) is 0 Å². The number of furan rings is 1. The molecule has 1 rings (SSSR count). The van der Waals surface area contributed by atoms with E-state index >= 15 is 0 Å². The van der Waals surface area contributed by atoms with Crippen molar-refractivity contribution in [3.8, 4) is 0 Å². The minimum absolute atomic E-state index is 0.0867. The van der Waals surface area contributed by atoms with Gasteiger partial charge in [-0.15, -0.1) is 0 Å². The van der Waals surface area contributed by atoms with Crippen molar-refractivity contribution in [1.29, 1.82) is 0 Å². The van der Waals surface area contributed by atoms with Gasteiger partial charge < -0.3 is 9.73 Å². The number of hydrogen-bond acceptors (Lipinski definition) is 2. The van der Waals surface area contributed by atoms with Gasteiger partial charge in [0.05, 0.1) is 12.0 Å². The Morgan fingerprint density at radius 1 is 1.78 bits per heavy atom. The first-order valence-corrected chi connectivity index (χ1v) is 2.59. The summed E-state index contributed by atoms with van der Waals surface area (Å²) in [5.41, 5.74) is 0.697. The minimum atomic E-state index is -0.0867. The van der Waals surface area contributed by atoms with E-state index in [4.69, 9.17) is 4.42 Å². The molecule has 1 aromatic rings. The first-order valence-electron chi connectivity index (χ1n) is 2.59. The van der Waals surface area contributed by atoms with Crippen LogP contribution in [0.25, 0.3) is 0 Å². The molecule has 0 unspecified atom stereocenters. The second kappa shape index (κ2) is 2.35. The van der Waals surface area contributed by atoms with Crippen LogP contribution in [0, 0.1) is 0 Å². The van der Waals surface area contributed by atoms with Crippen molar-refractivity contribution in [2.45, 2.75) is 6.92 Å². The van der Waals surface area contributed by atoms with Crippen molar-refractivity contribution < 1.29 is 9.21 Å². The fourth-order valence-electron chi connectivity index (χ4n) is 0.539. The van der Waals surface area contributed by atoms with Crippen LogP contribution in [0.1, 0.15) is 6.92 Å². The summed E-state index contributed by atoms with van der Waals surface area (Å²) in [6.45, 7) is 1.45. The van der Waals surface area contributed by atoms with Crippen LogP contribution in [-0.4, -0.2) is 5.91 Å². The summed E-state index contributed by atoms with van der Waals surface area (Å²) in [5, 5.41) is 2.55. The highest BCUT2D eigenvalue weighted by Gasteiger charge is 1.92. The highest BCUT2D eigenvalue weighted by atomic mass is 16.3. The van der Waals surface area contributed by atoms with E-state index in [1.54, 1.807) is 6.07 Å². The molecule has 0 saturated carbocycles. The number of anilines is 1. The molecule has 0 fully saturated rings. The number of rotatable bonds is 1. The third kappa shape index (κ3) is 1.60. The van der Waals surface area contributed by atoms with Crippen molar-refractivity contribution in [2.24, 2.45) is 0 Å². The molecule has 1 heterocycles.